The van der Waals surface area contributed by atoms with Crippen molar-refractivity contribution < 1.29 is 47.7 Å². The Balaban J connectivity index is 1.05. The van der Waals surface area contributed by atoms with E-state index in [2.05, 4.69) is 15.6 Å². The van der Waals surface area contributed by atoms with Crippen LogP contribution in [0.25, 0.3) is 0 Å². The zero-order chi connectivity index (χ0) is 42.8. The van der Waals surface area contributed by atoms with Crippen molar-refractivity contribution in [3.63, 3.8) is 0 Å². The molecular formula is C45H48N6O10. The van der Waals surface area contributed by atoms with Crippen molar-refractivity contribution in [3.05, 3.63) is 144 Å². The summed E-state index contributed by atoms with van der Waals surface area (Å²) in [6.45, 7) is 0.723. The first-order chi connectivity index (χ1) is 29.7. The molecule has 2 heterocycles. The van der Waals surface area contributed by atoms with E-state index in [-0.39, 0.29) is 78.0 Å². The standard InChI is InChI=1S/C45H48N6O10/c52-39-37(22-13-24-46-41(47-42(54)60-31-35-18-9-3-10-19-35)48-43(55)61-32-36-20-11-4-12-21-36)38(40(53)59-30-34-16-7-2-8-17-34)51(39)44(56)49-25-27-50(28-26-49)45(57)58-29-23-33-14-5-1-6-15-33/h1-12,14-21,37-38H,13,22-32H2,(H2,46,47,48,54,55)/t37-,38?/m1/s1. The summed E-state index contributed by atoms with van der Waals surface area (Å²) >= 11 is 0. The lowest BCUT2D eigenvalue weighted by Gasteiger charge is -2.46. The van der Waals surface area contributed by atoms with Gasteiger partial charge in [-0.2, -0.15) is 0 Å². The lowest BCUT2D eigenvalue weighted by molar-refractivity contribution is -0.171. The molecule has 318 valence electrons. The van der Waals surface area contributed by atoms with Crippen LogP contribution >= 0.6 is 0 Å². The Morgan fingerprint density at radius 1 is 0.590 bits per heavy atom. The molecule has 2 aliphatic heterocycles. The average molecular weight is 833 g/mol. The summed E-state index contributed by atoms with van der Waals surface area (Å²) in [5.41, 5.74) is 3.27. The van der Waals surface area contributed by atoms with E-state index in [1.165, 1.54) is 9.80 Å². The van der Waals surface area contributed by atoms with Gasteiger partial charge in [-0.3, -0.25) is 20.4 Å². The van der Waals surface area contributed by atoms with Gasteiger partial charge in [-0.1, -0.05) is 121 Å². The van der Waals surface area contributed by atoms with Crippen LogP contribution in [0.3, 0.4) is 0 Å². The van der Waals surface area contributed by atoms with Gasteiger partial charge in [-0.05, 0) is 35.1 Å². The summed E-state index contributed by atoms with van der Waals surface area (Å²) < 4.78 is 21.7. The molecule has 2 N–H and O–H groups in total. The average Bonchev–Trinajstić information content (AvgIpc) is 3.29. The minimum absolute atomic E-state index is 0.000180. The van der Waals surface area contributed by atoms with Gasteiger partial charge in [0.25, 0.3) is 0 Å². The molecule has 6 rings (SSSR count). The molecule has 16 heteroatoms. The summed E-state index contributed by atoms with van der Waals surface area (Å²) in [6.07, 6.45) is -1.33. The fourth-order valence-corrected chi connectivity index (χ4v) is 6.68. The van der Waals surface area contributed by atoms with Crippen LogP contribution in [0.5, 0.6) is 0 Å². The van der Waals surface area contributed by atoms with Crippen LogP contribution < -0.4 is 10.6 Å². The van der Waals surface area contributed by atoms with Crippen LogP contribution in [0.15, 0.2) is 126 Å². The molecule has 2 fully saturated rings. The number of amides is 6. The number of β-lactam (4-membered cyclic amide) rings is 1. The molecule has 0 bridgehead atoms. The van der Waals surface area contributed by atoms with Crippen molar-refractivity contribution in [2.24, 2.45) is 10.9 Å². The highest BCUT2D eigenvalue weighted by Crippen LogP contribution is 2.33. The van der Waals surface area contributed by atoms with Crippen LogP contribution in [0, 0.1) is 5.92 Å². The van der Waals surface area contributed by atoms with Crippen molar-refractivity contribution >= 4 is 42.1 Å². The van der Waals surface area contributed by atoms with E-state index >= 15 is 0 Å². The number of benzene rings is 4. The normalized spacial score (nSPS) is 15.7. The molecular weight excluding hydrogens is 785 g/mol. The van der Waals surface area contributed by atoms with Crippen molar-refractivity contribution in [1.82, 2.24) is 25.3 Å². The smallest absolute Gasteiger partial charge is 0.414 e. The SMILES string of the molecule is O=C(NC(=NCCC[C@H]1C(=O)N(C(=O)N2CCN(C(=O)OCCc3ccccc3)CC2)C1C(=O)OCc1ccccc1)NC(=O)OCc1ccccc1)OCc1ccccc1. The van der Waals surface area contributed by atoms with E-state index in [4.69, 9.17) is 18.9 Å². The van der Waals surface area contributed by atoms with E-state index < -0.39 is 48.1 Å². The third-order valence-electron chi connectivity index (χ3n) is 9.96. The van der Waals surface area contributed by atoms with Gasteiger partial charge in [0.1, 0.15) is 19.8 Å². The van der Waals surface area contributed by atoms with Crippen LogP contribution in [0.2, 0.25) is 0 Å². The number of nitrogens with zero attached hydrogens (tertiary/aromatic N) is 4. The third kappa shape index (κ3) is 12.9. The minimum atomic E-state index is -1.20. The molecule has 2 saturated heterocycles. The summed E-state index contributed by atoms with van der Waals surface area (Å²) in [5.74, 6) is -2.44. The monoisotopic (exact) mass is 832 g/mol. The lowest BCUT2D eigenvalue weighted by Crippen LogP contribution is -2.69. The molecule has 16 nitrogen and oxygen atoms in total. The van der Waals surface area contributed by atoms with E-state index in [0.717, 1.165) is 27.2 Å². The first kappa shape index (κ1) is 43.4. The van der Waals surface area contributed by atoms with Crippen molar-refractivity contribution in [2.45, 2.75) is 45.1 Å². The maximum Gasteiger partial charge on any atom is 0.414 e. The Morgan fingerprint density at radius 2 is 1.05 bits per heavy atom. The van der Waals surface area contributed by atoms with Crippen molar-refractivity contribution in [1.29, 1.82) is 0 Å². The van der Waals surface area contributed by atoms with Gasteiger partial charge in [0.05, 0.1) is 12.5 Å². The van der Waals surface area contributed by atoms with Gasteiger partial charge < -0.3 is 28.7 Å². The number of carbonyl (C=O) groups excluding carboxylic acids is 6. The summed E-state index contributed by atoms with van der Waals surface area (Å²) in [7, 11) is 0. The molecule has 0 radical (unpaired) electrons. The summed E-state index contributed by atoms with van der Waals surface area (Å²) in [4.78, 5) is 87.4. The van der Waals surface area contributed by atoms with Crippen LogP contribution in [0.4, 0.5) is 19.2 Å². The molecule has 0 aliphatic carbocycles. The van der Waals surface area contributed by atoms with Crippen molar-refractivity contribution in [3.8, 4) is 0 Å². The number of hydrogen-bond acceptors (Lipinski definition) is 11. The Bertz CT molecular complexity index is 2060. The highest BCUT2D eigenvalue weighted by Gasteiger charge is 2.56. The maximum atomic E-state index is 13.8. The number of likely N-dealkylation sites (tertiary alicyclic amines) is 1. The van der Waals surface area contributed by atoms with Gasteiger partial charge in [-0.15, -0.1) is 0 Å². The van der Waals surface area contributed by atoms with E-state index in [1.807, 2.05) is 48.5 Å². The Kier molecular flexibility index (Phi) is 15.8. The second-order valence-electron chi connectivity index (χ2n) is 14.2. The number of hydrogen-bond donors (Lipinski definition) is 2. The molecule has 0 spiro atoms. The van der Waals surface area contributed by atoms with Crippen LogP contribution in [-0.2, 0) is 54.8 Å². The van der Waals surface area contributed by atoms with E-state index in [0.29, 0.717) is 6.42 Å². The molecule has 2 atom stereocenters. The summed E-state index contributed by atoms with van der Waals surface area (Å²) in [6, 6.07) is 34.8. The zero-order valence-corrected chi connectivity index (χ0v) is 33.6. The number of guanidine groups is 1. The number of imide groups is 1. The second-order valence-corrected chi connectivity index (χ2v) is 14.2. The highest BCUT2D eigenvalue weighted by molar-refractivity contribution is 6.08. The number of alkyl carbamates (subject to hydrolysis) is 2. The van der Waals surface area contributed by atoms with Crippen molar-refractivity contribution in [2.75, 3.05) is 39.3 Å². The number of piperazine rings is 1. The lowest BCUT2D eigenvalue weighted by atomic mass is 9.83. The Hall–Kier alpha value is -7.23. The molecule has 2 aliphatic rings. The number of nitrogens with one attached hydrogen (secondary N) is 2. The molecule has 0 saturated carbocycles. The third-order valence-corrected chi connectivity index (χ3v) is 9.96. The number of aliphatic imine (C=N–C) groups is 1. The van der Waals surface area contributed by atoms with Crippen LogP contribution in [-0.4, -0.2) is 102 Å². The molecule has 0 aromatic heterocycles. The highest BCUT2D eigenvalue weighted by atomic mass is 16.6. The first-order valence-corrected chi connectivity index (χ1v) is 20.0. The Morgan fingerprint density at radius 3 is 1.56 bits per heavy atom. The molecule has 6 amide bonds. The first-order valence-electron chi connectivity index (χ1n) is 20.0. The van der Waals surface area contributed by atoms with Gasteiger partial charge in [0.15, 0.2) is 6.04 Å². The summed E-state index contributed by atoms with van der Waals surface area (Å²) in [5, 5.41) is 4.86. The minimum Gasteiger partial charge on any atom is -0.459 e. The van der Waals surface area contributed by atoms with Crippen LogP contribution in [0.1, 0.15) is 35.1 Å². The zero-order valence-electron chi connectivity index (χ0n) is 33.6. The van der Waals surface area contributed by atoms with Gasteiger partial charge in [0, 0.05) is 39.1 Å². The molecule has 4 aromatic carbocycles. The number of ether oxygens (including phenoxy) is 4. The molecule has 61 heavy (non-hydrogen) atoms. The predicted molar refractivity (Wildman–Crippen MR) is 221 cm³/mol. The van der Waals surface area contributed by atoms with Gasteiger partial charge in [-0.25, -0.2) is 28.9 Å². The van der Waals surface area contributed by atoms with Gasteiger partial charge >= 0.3 is 30.3 Å². The predicted octanol–water partition coefficient (Wildman–Crippen LogP) is 5.66. The number of carbonyl (C=O) groups is 6. The Labute approximate surface area is 353 Å². The fourth-order valence-electron chi connectivity index (χ4n) is 6.68. The largest absolute Gasteiger partial charge is 0.459 e. The molecule has 4 aromatic rings. The quantitative estimate of drug-likeness (QED) is 0.0401. The molecule has 1 unspecified atom stereocenters. The van der Waals surface area contributed by atoms with Gasteiger partial charge in [0.2, 0.25) is 11.9 Å². The maximum absolute atomic E-state index is 13.8. The topological polar surface area (TPSA) is 185 Å². The number of rotatable bonds is 14. The fraction of sp³-hybridized carbons (Fsp3) is 0.311. The second kappa shape index (κ2) is 22.2. The number of esters is 1. The number of urea groups is 1. The van der Waals surface area contributed by atoms with E-state index in [9.17, 15) is 28.8 Å². The van der Waals surface area contributed by atoms with E-state index in [1.54, 1.807) is 72.8 Å².